The van der Waals surface area contributed by atoms with Crippen LogP contribution in [-0.2, 0) is 16.4 Å². The van der Waals surface area contributed by atoms with Crippen LogP contribution in [0.25, 0.3) is 11.0 Å². The number of nitrogens with zero attached hydrogens (tertiary/aromatic N) is 2. The van der Waals surface area contributed by atoms with Crippen LogP contribution in [0.2, 0.25) is 0 Å². The fourth-order valence-corrected chi connectivity index (χ4v) is 3.96. The molecule has 0 atom stereocenters. The normalized spacial score (nSPS) is 12.1. The van der Waals surface area contributed by atoms with Crippen LogP contribution in [0.5, 0.6) is 0 Å². The van der Waals surface area contributed by atoms with Gasteiger partial charge in [-0.15, -0.1) is 0 Å². The van der Waals surface area contributed by atoms with Crippen molar-refractivity contribution in [2.75, 3.05) is 5.75 Å². The maximum atomic E-state index is 12.5. The molecule has 0 bridgehead atoms. The second kappa shape index (κ2) is 6.16. The molecule has 1 aromatic heterocycles. The van der Waals surface area contributed by atoms with Crippen LogP contribution in [0.1, 0.15) is 25.6 Å². The standard InChI is InChI=1S/C18H20N2O2S/c1-14(2)18-19-16-10-6-7-11-17(16)20(18)12-13-23(21,22)15-8-4-3-5-9-15/h3-11,14H,12-13H2,1-2H3. The van der Waals surface area contributed by atoms with Gasteiger partial charge in [0, 0.05) is 12.5 Å². The van der Waals surface area contributed by atoms with E-state index in [2.05, 4.69) is 18.8 Å². The highest BCUT2D eigenvalue weighted by Crippen LogP contribution is 2.22. The van der Waals surface area contributed by atoms with Crippen molar-refractivity contribution in [2.45, 2.75) is 31.2 Å². The monoisotopic (exact) mass is 328 g/mol. The molecule has 0 saturated heterocycles. The number of aryl methyl sites for hydroxylation is 1. The van der Waals surface area contributed by atoms with E-state index >= 15 is 0 Å². The van der Waals surface area contributed by atoms with Gasteiger partial charge in [0.05, 0.1) is 21.7 Å². The molecule has 3 aromatic rings. The second-order valence-electron chi connectivity index (χ2n) is 5.90. The Morgan fingerprint density at radius 3 is 2.35 bits per heavy atom. The number of aromatic nitrogens is 2. The van der Waals surface area contributed by atoms with Crippen molar-refractivity contribution >= 4 is 20.9 Å². The molecule has 23 heavy (non-hydrogen) atoms. The van der Waals surface area contributed by atoms with E-state index in [1.54, 1.807) is 24.3 Å². The summed E-state index contributed by atoms with van der Waals surface area (Å²) in [6.07, 6.45) is 0. The molecule has 0 N–H and O–H groups in total. The van der Waals surface area contributed by atoms with Crippen LogP contribution in [0.4, 0.5) is 0 Å². The molecule has 0 unspecified atom stereocenters. The van der Waals surface area contributed by atoms with Crippen LogP contribution in [0.3, 0.4) is 0 Å². The molecule has 0 amide bonds. The molecule has 4 nitrogen and oxygen atoms in total. The fourth-order valence-electron chi connectivity index (χ4n) is 2.73. The van der Waals surface area contributed by atoms with Gasteiger partial charge in [-0.05, 0) is 24.3 Å². The van der Waals surface area contributed by atoms with Crippen LogP contribution in [0.15, 0.2) is 59.5 Å². The van der Waals surface area contributed by atoms with E-state index in [0.29, 0.717) is 11.4 Å². The van der Waals surface area contributed by atoms with Crippen molar-refractivity contribution in [1.29, 1.82) is 0 Å². The van der Waals surface area contributed by atoms with Gasteiger partial charge < -0.3 is 4.57 Å². The summed E-state index contributed by atoms with van der Waals surface area (Å²) in [6.45, 7) is 4.55. The zero-order chi connectivity index (χ0) is 16.4. The number of rotatable bonds is 5. The van der Waals surface area contributed by atoms with E-state index in [4.69, 9.17) is 0 Å². The van der Waals surface area contributed by atoms with Crippen molar-refractivity contribution < 1.29 is 8.42 Å². The number of fused-ring (bicyclic) bond motifs is 1. The molecule has 3 rings (SSSR count). The highest BCUT2D eigenvalue weighted by molar-refractivity contribution is 7.91. The van der Waals surface area contributed by atoms with E-state index in [9.17, 15) is 8.42 Å². The Morgan fingerprint density at radius 1 is 1.00 bits per heavy atom. The molecule has 2 aromatic carbocycles. The van der Waals surface area contributed by atoms with Crippen LogP contribution < -0.4 is 0 Å². The third-order valence-electron chi connectivity index (χ3n) is 3.89. The summed E-state index contributed by atoms with van der Waals surface area (Å²) in [4.78, 5) is 5.02. The second-order valence-corrected chi connectivity index (χ2v) is 8.01. The number of hydrogen-bond donors (Lipinski definition) is 0. The van der Waals surface area contributed by atoms with Crippen molar-refractivity contribution in [1.82, 2.24) is 9.55 Å². The smallest absolute Gasteiger partial charge is 0.180 e. The molecule has 0 spiro atoms. The van der Waals surface area contributed by atoms with Crippen LogP contribution >= 0.6 is 0 Å². The van der Waals surface area contributed by atoms with E-state index in [1.807, 2.05) is 34.9 Å². The fraction of sp³-hybridized carbons (Fsp3) is 0.278. The minimum Gasteiger partial charge on any atom is -0.327 e. The van der Waals surface area contributed by atoms with E-state index in [0.717, 1.165) is 16.9 Å². The molecule has 120 valence electrons. The number of hydrogen-bond acceptors (Lipinski definition) is 3. The van der Waals surface area contributed by atoms with Crippen LogP contribution in [0, 0.1) is 0 Å². The first-order valence-electron chi connectivity index (χ1n) is 7.72. The van der Waals surface area contributed by atoms with Gasteiger partial charge in [-0.1, -0.05) is 44.2 Å². The highest BCUT2D eigenvalue weighted by atomic mass is 32.2. The zero-order valence-corrected chi connectivity index (χ0v) is 14.1. The average molecular weight is 328 g/mol. The van der Waals surface area contributed by atoms with Gasteiger partial charge >= 0.3 is 0 Å². The lowest BCUT2D eigenvalue weighted by Gasteiger charge is -2.12. The van der Waals surface area contributed by atoms with E-state index in [-0.39, 0.29) is 11.7 Å². The maximum Gasteiger partial charge on any atom is 0.180 e. The van der Waals surface area contributed by atoms with E-state index < -0.39 is 9.84 Å². The Kier molecular flexibility index (Phi) is 4.22. The number of sulfone groups is 1. The summed E-state index contributed by atoms with van der Waals surface area (Å²) in [5.41, 5.74) is 1.90. The predicted octanol–water partition coefficient (Wildman–Crippen LogP) is 3.63. The maximum absolute atomic E-state index is 12.5. The Balaban J connectivity index is 1.94. The first-order valence-corrected chi connectivity index (χ1v) is 9.37. The average Bonchev–Trinajstić information content (AvgIpc) is 2.93. The van der Waals surface area contributed by atoms with Gasteiger partial charge in [0.2, 0.25) is 0 Å². The number of imidazole rings is 1. The summed E-state index contributed by atoms with van der Waals surface area (Å²) < 4.78 is 27.0. The Labute approximate surface area is 136 Å². The third-order valence-corrected chi connectivity index (χ3v) is 5.60. The molecule has 0 aliphatic rings. The SMILES string of the molecule is CC(C)c1nc2ccccc2n1CCS(=O)(=O)c1ccccc1. The largest absolute Gasteiger partial charge is 0.327 e. The lowest BCUT2D eigenvalue weighted by atomic mass is 10.2. The lowest BCUT2D eigenvalue weighted by Crippen LogP contribution is -2.15. The number of benzene rings is 2. The molecular weight excluding hydrogens is 308 g/mol. The van der Waals surface area contributed by atoms with Gasteiger partial charge in [0.25, 0.3) is 0 Å². The third kappa shape index (κ3) is 3.15. The Hall–Kier alpha value is -2.14. The minimum atomic E-state index is -3.30. The van der Waals surface area contributed by atoms with Crippen LogP contribution in [-0.4, -0.2) is 23.7 Å². The van der Waals surface area contributed by atoms with Crippen molar-refractivity contribution in [3.63, 3.8) is 0 Å². The quantitative estimate of drug-likeness (QED) is 0.718. The Morgan fingerprint density at radius 2 is 1.65 bits per heavy atom. The molecule has 0 saturated carbocycles. The molecule has 0 fully saturated rings. The Bertz CT molecular complexity index is 913. The predicted molar refractivity (Wildman–Crippen MR) is 92.3 cm³/mol. The molecule has 1 heterocycles. The minimum absolute atomic E-state index is 0.0666. The summed E-state index contributed by atoms with van der Waals surface area (Å²) >= 11 is 0. The molecular formula is C18H20N2O2S. The van der Waals surface area contributed by atoms with Gasteiger partial charge in [-0.25, -0.2) is 13.4 Å². The number of para-hydroxylation sites is 2. The van der Waals surface area contributed by atoms with E-state index in [1.165, 1.54) is 0 Å². The summed E-state index contributed by atoms with van der Waals surface area (Å²) in [7, 11) is -3.30. The molecule has 5 heteroatoms. The van der Waals surface area contributed by atoms with Crippen molar-refractivity contribution in [3.8, 4) is 0 Å². The molecule has 0 radical (unpaired) electrons. The first kappa shape index (κ1) is 15.7. The molecule has 0 aliphatic heterocycles. The summed E-state index contributed by atoms with van der Waals surface area (Å²) in [5, 5.41) is 0. The van der Waals surface area contributed by atoms with Crippen molar-refractivity contribution in [2.24, 2.45) is 0 Å². The van der Waals surface area contributed by atoms with Gasteiger partial charge in [0.15, 0.2) is 9.84 Å². The highest BCUT2D eigenvalue weighted by Gasteiger charge is 2.18. The van der Waals surface area contributed by atoms with Gasteiger partial charge in [-0.2, -0.15) is 0 Å². The lowest BCUT2D eigenvalue weighted by molar-refractivity contribution is 0.585. The van der Waals surface area contributed by atoms with Gasteiger partial charge in [-0.3, -0.25) is 0 Å². The molecule has 0 aliphatic carbocycles. The van der Waals surface area contributed by atoms with Gasteiger partial charge in [0.1, 0.15) is 5.82 Å². The first-order chi connectivity index (χ1) is 11.0. The summed E-state index contributed by atoms with van der Waals surface area (Å²) in [5.74, 6) is 1.23. The summed E-state index contributed by atoms with van der Waals surface area (Å²) in [6, 6.07) is 16.5. The topological polar surface area (TPSA) is 52.0 Å². The zero-order valence-electron chi connectivity index (χ0n) is 13.3. The van der Waals surface area contributed by atoms with Crippen molar-refractivity contribution in [3.05, 3.63) is 60.4 Å².